The van der Waals surface area contributed by atoms with Gasteiger partial charge < -0.3 is 8.83 Å². The minimum Gasteiger partial charge on any atom is -0.424 e. The highest BCUT2D eigenvalue weighted by molar-refractivity contribution is 7.98. The predicted octanol–water partition coefficient (Wildman–Crippen LogP) is 3.21. The van der Waals surface area contributed by atoms with Gasteiger partial charge in [-0.3, -0.25) is 0 Å². The Bertz CT molecular complexity index is 752. The van der Waals surface area contributed by atoms with Gasteiger partial charge in [-0.1, -0.05) is 42.1 Å². The summed E-state index contributed by atoms with van der Waals surface area (Å²) in [5.41, 5.74) is 1.15. The maximum absolute atomic E-state index is 5.63. The zero-order valence-corrected chi connectivity index (χ0v) is 12.6. The first-order chi connectivity index (χ1) is 10.9. The summed E-state index contributed by atoms with van der Waals surface area (Å²) in [4.78, 5) is 0. The lowest BCUT2D eigenvalue weighted by molar-refractivity contribution is 0.419. The number of benzene rings is 1. The molecule has 0 N–H and O–H groups in total. The van der Waals surface area contributed by atoms with Gasteiger partial charge in [0.2, 0.25) is 17.7 Å². The van der Waals surface area contributed by atoms with E-state index in [4.69, 9.17) is 8.83 Å². The second-order valence-corrected chi connectivity index (χ2v) is 6.15. The molecule has 1 fully saturated rings. The lowest BCUT2D eigenvalue weighted by Crippen LogP contribution is -1.87. The second-order valence-electron chi connectivity index (χ2n) is 5.22. The Morgan fingerprint density at radius 2 is 1.77 bits per heavy atom. The Kier molecular flexibility index (Phi) is 3.64. The van der Waals surface area contributed by atoms with Crippen molar-refractivity contribution in [3.63, 3.8) is 0 Å². The zero-order valence-electron chi connectivity index (χ0n) is 11.8. The second kappa shape index (κ2) is 5.92. The molecular weight excluding hydrogens is 300 g/mol. The first kappa shape index (κ1) is 13.5. The van der Waals surface area contributed by atoms with Gasteiger partial charge in [-0.2, -0.15) is 0 Å². The van der Waals surface area contributed by atoms with Crippen LogP contribution in [-0.4, -0.2) is 20.4 Å². The molecule has 4 rings (SSSR count). The Balaban J connectivity index is 1.35. The van der Waals surface area contributed by atoms with Crippen LogP contribution >= 0.6 is 11.8 Å². The molecule has 6 nitrogen and oxygen atoms in total. The largest absolute Gasteiger partial charge is 0.424 e. The van der Waals surface area contributed by atoms with Gasteiger partial charge in [-0.25, -0.2) is 0 Å². The quantitative estimate of drug-likeness (QED) is 0.646. The van der Waals surface area contributed by atoms with Crippen LogP contribution in [0.15, 0.2) is 44.4 Å². The van der Waals surface area contributed by atoms with Crippen LogP contribution in [0.3, 0.4) is 0 Å². The van der Waals surface area contributed by atoms with Crippen LogP contribution in [0.25, 0.3) is 0 Å². The molecule has 0 amide bonds. The lowest BCUT2D eigenvalue weighted by Gasteiger charge is -1.94. The third-order valence-corrected chi connectivity index (χ3v) is 4.18. The molecule has 1 aliphatic rings. The number of aromatic nitrogens is 4. The van der Waals surface area contributed by atoms with Crippen molar-refractivity contribution in [3.8, 4) is 0 Å². The van der Waals surface area contributed by atoms with Crippen molar-refractivity contribution in [1.29, 1.82) is 0 Å². The molecule has 0 radical (unpaired) electrons. The maximum atomic E-state index is 5.63. The Labute approximate surface area is 131 Å². The molecule has 2 heterocycles. The zero-order chi connectivity index (χ0) is 14.8. The highest BCUT2D eigenvalue weighted by Crippen LogP contribution is 2.39. The highest BCUT2D eigenvalue weighted by Gasteiger charge is 2.29. The Hall–Kier alpha value is -2.15. The number of hydrogen-bond donors (Lipinski definition) is 0. The average Bonchev–Trinajstić information content (AvgIpc) is 3.12. The molecular formula is C15H14N4O2S. The van der Waals surface area contributed by atoms with E-state index in [0.29, 0.717) is 35.1 Å². The van der Waals surface area contributed by atoms with Gasteiger partial charge in [-0.05, 0) is 18.4 Å². The van der Waals surface area contributed by atoms with E-state index in [1.54, 1.807) is 0 Å². The van der Waals surface area contributed by atoms with Crippen molar-refractivity contribution in [3.05, 3.63) is 53.6 Å². The van der Waals surface area contributed by atoms with Crippen LogP contribution in [0.4, 0.5) is 0 Å². The topological polar surface area (TPSA) is 77.8 Å². The monoisotopic (exact) mass is 314 g/mol. The SMILES string of the molecule is c1ccc(Cc2nnc(SCc3nnc(C4CC4)o3)o2)cc1. The predicted molar refractivity (Wildman–Crippen MR) is 79.4 cm³/mol. The van der Waals surface area contributed by atoms with E-state index in [9.17, 15) is 0 Å². The van der Waals surface area contributed by atoms with Crippen molar-refractivity contribution in [2.24, 2.45) is 0 Å². The summed E-state index contributed by atoms with van der Waals surface area (Å²) in [5, 5.41) is 16.7. The van der Waals surface area contributed by atoms with Crippen LogP contribution in [0.2, 0.25) is 0 Å². The molecule has 0 unspecified atom stereocenters. The van der Waals surface area contributed by atoms with E-state index < -0.39 is 0 Å². The molecule has 112 valence electrons. The van der Waals surface area contributed by atoms with E-state index in [1.165, 1.54) is 11.8 Å². The van der Waals surface area contributed by atoms with E-state index >= 15 is 0 Å². The third kappa shape index (κ3) is 3.19. The van der Waals surface area contributed by atoms with Crippen LogP contribution in [0.5, 0.6) is 0 Å². The van der Waals surface area contributed by atoms with E-state index in [1.807, 2.05) is 30.3 Å². The molecule has 1 aliphatic carbocycles. The molecule has 1 aromatic carbocycles. The normalized spacial score (nSPS) is 14.4. The standard InChI is InChI=1S/C15H14N4O2S/c1-2-4-10(5-3-1)8-12-16-19-15(21-12)22-9-13-17-18-14(20-13)11-6-7-11/h1-5,11H,6-9H2. The number of hydrogen-bond acceptors (Lipinski definition) is 7. The minimum absolute atomic E-state index is 0.479. The highest BCUT2D eigenvalue weighted by atomic mass is 32.2. The molecule has 2 aromatic heterocycles. The van der Waals surface area contributed by atoms with Crippen LogP contribution < -0.4 is 0 Å². The van der Waals surface area contributed by atoms with E-state index in [-0.39, 0.29) is 0 Å². The smallest absolute Gasteiger partial charge is 0.277 e. The van der Waals surface area contributed by atoms with E-state index in [2.05, 4.69) is 20.4 Å². The molecule has 3 aromatic rings. The fraction of sp³-hybridized carbons (Fsp3) is 0.333. The van der Waals surface area contributed by atoms with Gasteiger partial charge >= 0.3 is 0 Å². The molecule has 0 atom stereocenters. The first-order valence-electron chi connectivity index (χ1n) is 7.18. The van der Waals surface area contributed by atoms with Crippen molar-refractivity contribution < 1.29 is 8.83 Å². The molecule has 0 bridgehead atoms. The fourth-order valence-corrected chi connectivity index (χ4v) is 2.70. The summed E-state index contributed by atoms with van der Waals surface area (Å²) in [6.45, 7) is 0. The number of rotatable bonds is 6. The molecule has 0 saturated heterocycles. The van der Waals surface area contributed by atoms with Crippen LogP contribution in [-0.2, 0) is 12.2 Å². The average molecular weight is 314 g/mol. The summed E-state index contributed by atoms with van der Waals surface area (Å²) in [7, 11) is 0. The van der Waals surface area contributed by atoms with Gasteiger partial charge in [0, 0.05) is 5.92 Å². The molecule has 7 heteroatoms. The number of nitrogens with zero attached hydrogens (tertiary/aromatic N) is 4. The van der Waals surface area contributed by atoms with Crippen LogP contribution in [0, 0.1) is 0 Å². The summed E-state index contributed by atoms with van der Waals surface area (Å²) in [5.74, 6) is 3.00. The van der Waals surface area contributed by atoms with Crippen molar-refractivity contribution in [2.75, 3.05) is 0 Å². The minimum atomic E-state index is 0.479. The van der Waals surface area contributed by atoms with E-state index in [0.717, 1.165) is 24.3 Å². The first-order valence-corrected chi connectivity index (χ1v) is 8.17. The molecule has 1 saturated carbocycles. The van der Waals surface area contributed by atoms with Gasteiger partial charge in [0.15, 0.2) is 0 Å². The van der Waals surface area contributed by atoms with Gasteiger partial charge in [0.1, 0.15) is 0 Å². The molecule has 0 spiro atoms. The summed E-state index contributed by atoms with van der Waals surface area (Å²) in [6, 6.07) is 10.0. The third-order valence-electron chi connectivity index (χ3n) is 3.37. The maximum Gasteiger partial charge on any atom is 0.277 e. The van der Waals surface area contributed by atoms with Gasteiger partial charge in [-0.15, -0.1) is 20.4 Å². The fourth-order valence-electron chi connectivity index (χ4n) is 2.08. The van der Waals surface area contributed by atoms with Gasteiger partial charge in [0.05, 0.1) is 12.2 Å². The Morgan fingerprint density at radius 1 is 0.955 bits per heavy atom. The number of thioether (sulfide) groups is 1. The summed E-state index contributed by atoms with van der Waals surface area (Å²) in [6.07, 6.45) is 2.95. The molecule has 0 aliphatic heterocycles. The van der Waals surface area contributed by atoms with Crippen molar-refractivity contribution in [2.45, 2.75) is 36.2 Å². The van der Waals surface area contributed by atoms with Crippen molar-refractivity contribution in [1.82, 2.24) is 20.4 Å². The summed E-state index contributed by atoms with van der Waals surface area (Å²) < 4.78 is 11.2. The Morgan fingerprint density at radius 3 is 2.59 bits per heavy atom. The summed E-state index contributed by atoms with van der Waals surface area (Å²) >= 11 is 1.41. The van der Waals surface area contributed by atoms with Crippen LogP contribution in [0.1, 0.15) is 42.0 Å². The van der Waals surface area contributed by atoms with Crippen molar-refractivity contribution >= 4 is 11.8 Å². The molecule has 22 heavy (non-hydrogen) atoms. The lowest BCUT2D eigenvalue weighted by atomic mass is 10.2. The van der Waals surface area contributed by atoms with Gasteiger partial charge in [0.25, 0.3) is 5.22 Å².